The fourth-order valence-electron chi connectivity index (χ4n) is 2.28. The molecular weight excluding hydrogens is 252 g/mol. The summed E-state index contributed by atoms with van der Waals surface area (Å²) in [6, 6.07) is 12.9. The van der Waals surface area contributed by atoms with Gasteiger partial charge in [0, 0.05) is 22.8 Å². The second-order valence-electron chi connectivity index (χ2n) is 4.80. The topological polar surface area (TPSA) is 15.6 Å². The first-order valence-electron chi connectivity index (χ1n) is 6.78. The smallest absolute Gasteiger partial charge is 0.121 e. The Hall–Kier alpha value is -1.61. The lowest BCUT2D eigenvalue weighted by Gasteiger charge is -2.19. The number of hydrogen-bond donors (Lipinski definition) is 0. The van der Waals surface area contributed by atoms with Gasteiger partial charge >= 0.3 is 0 Å². The molecule has 0 aliphatic carbocycles. The molecular formula is C16H18N2S. The Morgan fingerprint density at radius 2 is 2.11 bits per heavy atom. The highest BCUT2D eigenvalue weighted by atomic mass is 32.1. The zero-order chi connectivity index (χ0) is 13.1. The molecule has 0 amide bonds. The van der Waals surface area contributed by atoms with Gasteiger partial charge in [0.1, 0.15) is 11.3 Å². The fourth-order valence-corrected chi connectivity index (χ4v) is 3.21. The highest BCUT2D eigenvalue weighted by molar-refractivity contribution is 7.09. The number of nitrogens with zero attached hydrogens (tertiary/aromatic N) is 2. The van der Waals surface area contributed by atoms with Gasteiger partial charge in [0.25, 0.3) is 0 Å². The lowest BCUT2D eigenvalue weighted by atomic mass is 10.1. The first-order chi connectivity index (χ1) is 9.35. The van der Waals surface area contributed by atoms with E-state index in [9.17, 15) is 0 Å². The molecule has 1 aliphatic rings. The molecule has 0 fully saturated rings. The number of fused-ring (bicyclic) bond motifs is 1. The molecule has 0 radical (unpaired) electrons. The summed E-state index contributed by atoms with van der Waals surface area (Å²) in [6.45, 7) is 4.03. The first-order valence-corrected chi connectivity index (χ1v) is 7.60. The molecule has 0 N–H and O–H groups in total. The molecule has 1 aromatic heterocycles. The summed E-state index contributed by atoms with van der Waals surface area (Å²) < 4.78 is 1.20. The third-order valence-corrected chi connectivity index (χ3v) is 4.61. The van der Waals surface area contributed by atoms with E-state index in [1.165, 1.54) is 20.3 Å². The van der Waals surface area contributed by atoms with Crippen LogP contribution in [0.4, 0.5) is 0 Å². The standard InChI is InChI=1S/C16H18N2S/c1-2-15-10-14-11-18(12-17-16(14)19-15)9-8-13-6-4-3-5-7-13/h3-7,10-11H,2,8-9,12H2,1H3. The Balaban J connectivity index is 1.71. The molecule has 3 rings (SSSR count). The van der Waals surface area contributed by atoms with Crippen molar-refractivity contribution in [3.05, 3.63) is 56.7 Å². The van der Waals surface area contributed by atoms with E-state index >= 15 is 0 Å². The fraction of sp³-hybridized carbons (Fsp3) is 0.312. The molecule has 0 bridgehead atoms. The van der Waals surface area contributed by atoms with Gasteiger partial charge in [-0.25, -0.2) is 0 Å². The highest BCUT2D eigenvalue weighted by Crippen LogP contribution is 2.05. The van der Waals surface area contributed by atoms with Gasteiger partial charge in [0.15, 0.2) is 0 Å². The predicted octanol–water partition coefficient (Wildman–Crippen LogP) is 2.18. The maximum atomic E-state index is 4.67. The number of rotatable bonds is 4. The van der Waals surface area contributed by atoms with E-state index in [1.54, 1.807) is 0 Å². The van der Waals surface area contributed by atoms with Crippen LogP contribution in [0.15, 0.2) is 41.4 Å². The SMILES string of the molecule is CCc1cc2c(s1)=NCN(CCc1ccccc1)C=2. The quantitative estimate of drug-likeness (QED) is 0.831. The molecule has 3 heteroatoms. The van der Waals surface area contributed by atoms with E-state index < -0.39 is 0 Å². The maximum Gasteiger partial charge on any atom is 0.121 e. The molecule has 0 unspecified atom stereocenters. The molecule has 2 aromatic rings. The van der Waals surface area contributed by atoms with E-state index in [4.69, 9.17) is 0 Å². The van der Waals surface area contributed by atoms with Gasteiger partial charge in [0.2, 0.25) is 0 Å². The zero-order valence-electron chi connectivity index (χ0n) is 11.2. The Bertz CT molecular complexity index is 658. The van der Waals surface area contributed by atoms with Crippen molar-refractivity contribution >= 4 is 17.5 Å². The van der Waals surface area contributed by atoms with Crippen LogP contribution in [0.5, 0.6) is 0 Å². The number of aryl methyl sites for hydroxylation is 1. The third-order valence-electron chi connectivity index (χ3n) is 3.39. The summed E-state index contributed by atoms with van der Waals surface area (Å²) in [5, 5.41) is 1.29. The van der Waals surface area contributed by atoms with E-state index in [-0.39, 0.29) is 0 Å². The molecule has 19 heavy (non-hydrogen) atoms. The minimum absolute atomic E-state index is 0.795. The van der Waals surface area contributed by atoms with Gasteiger partial charge in [-0.3, -0.25) is 4.99 Å². The summed E-state index contributed by atoms with van der Waals surface area (Å²) >= 11 is 1.83. The van der Waals surface area contributed by atoms with Crippen LogP contribution in [-0.4, -0.2) is 18.1 Å². The van der Waals surface area contributed by atoms with Crippen molar-refractivity contribution in [2.45, 2.75) is 19.8 Å². The van der Waals surface area contributed by atoms with Crippen molar-refractivity contribution in [1.82, 2.24) is 4.90 Å². The van der Waals surface area contributed by atoms with Crippen molar-refractivity contribution < 1.29 is 0 Å². The van der Waals surface area contributed by atoms with Gasteiger partial charge in [-0.1, -0.05) is 37.3 Å². The number of thiophene rings is 1. The number of benzene rings is 1. The average Bonchev–Trinajstić information content (AvgIpc) is 2.88. The Morgan fingerprint density at radius 1 is 1.26 bits per heavy atom. The summed E-state index contributed by atoms with van der Waals surface area (Å²) in [7, 11) is 0. The van der Waals surface area contributed by atoms with E-state index in [0.29, 0.717) is 0 Å². The van der Waals surface area contributed by atoms with Crippen molar-refractivity contribution in [2.24, 2.45) is 4.99 Å². The van der Waals surface area contributed by atoms with Crippen LogP contribution in [0.3, 0.4) is 0 Å². The molecule has 0 atom stereocenters. The van der Waals surface area contributed by atoms with Crippen LogP contribution in [-0.2, 0) is 12.8 Å². The van der Waals surface area contributed by atoms with Crippen molar-refractivity contribution in [3.8, 4) is 0 Å². The largest absolute Gasteiger partial charge is 0.357 e. The van der Waals surface area contributed by atoms with E-state index in [2.05, 4.69) is 59.4 Å². The van der Waals surface area contributed by atoms with Crippen LogP contribution in [0.25, 0.3) is 6.20 Å². The third kappa shape index (κ3) is 2.87. The molecule has 1 aliphatic heterocycles. The molecule has 0 spiro atoms. The van der Waals surface area contributed by atoms with E-state index in [0.717, 1.165) is 26.1 Å². The Morgan fingerprint density at radius 3 is 2.89 bits per heavy atom. The maximum absolute atomic E-state index is 4.67. The van der Waals surface area contributed by atoms with E-state index in [1.807, 2.05) is 11.3 Å². The summed E-state index contributed by atoms with van der Waals surface area (Å²) in [5.41, 5.74) is 1.39. The molecule has 98 valence electrons. The molecule has 0 saturated heterocycles. The second kappa shape index (κ2) is 5.57. The van der Waals surface area contributed by atoms with Gasteiger partial charge < -0.3 is 4.90 Å². The first kappa shape index (κ1) is 12.4. The minimum atomic E-state index is 0.795. The van der Waals surface area contributed by atoms with Crippen molar-refractivity contribution in [2.75, 3.05) is 13.2 Å². The Labute approximate surface area is 117 Å². The summed E-state index contributed by atoms with van der Waals surface area (Å²) in [6.07, 6.45) is 4.44. The van der Waals surface area contributed by atoms with Gasteiger partial charge in [-0.15, -0.1) is 11.3 Å². The second-order valence-corrected chi connectivity index (χ2v) is 5.92. The zero-order valence-corrected chi connectivity index (χ0v) is 12.0. The van der Waals surface area contributed by atoms with Crippen LogP contribution in [0, 0.1) is 0 Å². The lowest BCUT2D eigenvalue weighted by molar-refractivity contribution is 0.418. The summed E-state index contributed by atoms with van der Waals surface area (Å²) in [4.78, 5) is 8.40. The van der Waals surface area contributed by atoms with Crippen LogP contribution >= 0.6 is 11.3 Å². The number of hydrogen-bond acceptors (Lipinski definition) is 3. The van der Waals surface area contributed by atoms with Crippen molar-refractivity contribution in [1.29, 1.82) is 0 Å². The highest BCUT2D eigenvalue weighted by Gasteiger charge is 2.06. The van der Waals surface area contributed by atoms with Crippen LogP contribution < -0.4 is 9.89 Å². The lowest BCUT2D eigenvalue weighted by Crippen LogP contribution is -2.33. The average molecular weight is 270 g/mol. The van der Waals surface area contributed by atoms with Crippen LogP contribution in [0.2, 0.25) is 0 Å². The predicted molar refractivity (Wildman–Crippen MR) is 80.7 cm³/mol. The van der Waals surface area contributed by atoms with Gasteiger partial charge in [-0.2, -0.15) is 0 Å². The molecule has 1 aromatic carbocycles. The monoisotopic (exact) mass is 270 g/mol. The molecule has 2 nitrogen and oxygen atoms in total. The van der Waals surface area contributed by atoms with Gasteiger partial charge in [-0.05, 0) is 24.5 Å². The summed E-state index contributed by atoms with van der Waals surface area (Å²) in [5.74, 6) is 0. The van der Waals surface area contributed by atoms with Crippen LogP contribution in [0.1, 0.15) is 17.4 Å². The normalized spacial score (nSPS) is 13.6. The Kier molecular flexibility index (Phi) is 3.65. The minimum Gasteiger partial charge on any atom is -0.357 e. The molecule has 2 heterocycles. The van der Waals surface area contributed by atoms with Gasteiger partial charge in [0.05, 0.1) is 0 Å². The molecule has 0 saturated carbocycles. The van der Waals surface area contributed by atoms with Crippen molar-refractivity contribution in [3.63, 3.8) is 0 Å².